The Morgan fingerprint density at radius 2 is 1.89 bits per heavy atom. The monoisotopic (exact) mass is 266 g/mol. The zero-order valence-electron chi connectivity index (χ0n) is 11.0. The van der Waals surface area contributed by atoms with Crippen molar-refractivity contribution >= 4 is 0 Å². The van der Waals surface area contributed by atoms with E-state index >= 15 is 0 Å². The molecule has 1 saturated heterocycles. The third kappa shape index (κ3) is 2.51. The molecule has 2 aliphatic rings. The highest BCUT2D eigenvalue weighted by molar-refractivity contribution is 5.24. The minimum atomic E-state index is -0.725. The zero-order chi connectivity index (χ0) is 13.2. The standard InChI is InChI=1S/C15H20F2N2/c16-13-6-2-5-12(14(13)17)15(11-3-1-4-11)19-9-7-18-8-10-19/h2,5-6,11,15,18H,1,3-4,7-10H2/t15-/m1/s1. The first-order valence-electron chi connectivity index (χ1n) is 7.16. The first-order chi connectivity index (χ1) is 9.27. The van der Waals surface area contributed by atoms with Crippen molar-refractivity contribution in [1.82, 2.24) is 10.2 Å². The number of benzene rings is 1. The molecule has 1 aromatic rings. The summed E-state index contributed by atoms with van der Waals surface area (Å²) in [5, 5.41) is 3.31. The van der Waals surface area contributed by atoms with Crippen LogP contribution in [-0.4, -0.2) is 31.1 Å². The number of halogens is 2. The van der Waals surface area contributed by atoms with Crippen molar-refractivity contribution in [2.24, 2.45) is 5.92 Å². The second kappa shape index (κ2) is 5.55. The topological polar surface area (TPSA) is 15.3 Å². The van der Waals surface area contributed by atoms with Gasteiger partial charge in [-0.3, -0.25) is 4.90 Å². The van der Waals surface area contributed by atoms with Crippen LogP contribution in [0.15, 0.2) is 18.2 Å². The van der Waals surface area contributed by atoms with Crippen LogP contribution in [0.3, 0.4) is 0 Å². The molecule has 0 bridgehead atoms. The van der Waals surface area contributed by atoms with Crippen molar-refractivity contribution in [2.75, 3.05) is 26.2 Å². The van der Waals surface area contributed by atoms with Crippen molar-refractivity contribution in [3.05, 3.63) is 35.4 Å². The molecule has 104 valence electrons. The molecular weight excluding hydrogens is 246 g/mol. The van der Waals surface area contributed by atoms with Crippen LogP contribution in [0.1, 0.15) is 30.9 Å². The quantitative estimate of drug-likeness (QED) is 0.905. The van der Waals surface area contributed by atoms with E-state index in [1.54, 1.807) is 12.1 Å². The molecule has 0 spiro atoms. The van der Waals surface area contributed by atoms with Gasteiger partial charge in [-0.15, -0.1) is 0 Å². The molecule has 1 saturated carbocycles. The van der Waals surface area contributed by atoms with Gasteiger partial charge in [0.15, 0.2) is 11.6 Å². The lowest BCUT2D eigenvalue weighted by Gasteiger charge is -2.43. The van der Waals surface area contributed by atoms with Gasteiger partial charge in [-0.25, -0.2) is 8.78 Å². The molecule has 1 N–H and O–H groups in total. The van der Waals surface area contributed by atoms with Gasteiger partial charge in [0.25, 0.3) is 0 Å². The fraction of sp³-hybridized carbons (Fsp3) is 0.600. The van der Waals surface area contributed by atoms with E-state index in [1.165, 1.54) is 12.5 Å². The summed E-state index contributed by atoms with van der Waals surface area (Å²) in [6.07, 6.45) is 3.47. The van der Waals surface area contributed by atoms with Crippen LogP contribution in [0.4, 0.5) is 8.78 Å². The Hall–Kier alpha value is -1.00. The lowest BCUT2D eigenvalue weighted by molar-refractivity contribution is 0.0807. The van der Waals surface area contributed by atoms with Crippen LogP contribution >= 0.6 is 0 Å². The number of rotatable bonds is 3. The number of piperazine rings is 1. The second-order valence-electron chi connectivity index (χ2n) is 5.56. The molecule has 2 nitrogen and oxygen atoms in total. The summed E-state index contributed by atoms with van der Waals surface area (Å²) in [4.78, 5) is 2.32. The van der Waals surface area contributed by atoms with Gasteiger partial charge in [-0.05, 0) is 24.8 Å². The van der Waals surface area contributed by atoms with Crippen LogP contribution in [-0.2, 0) is 0 Å². The van der Waals surface area contributed by atoms with Gasteiger partial charge in [0, 0.05) is 37.8 Å². The zero-order valence-corrected chi connectivity index (χ0v) is 11.0. The summed E-state index contributed by atoms with van der Waals surface area (Å²) in [6.45, 7) is 3.69. The molecule has 19 heavy (non-hydrogen) atoms. The molecule has 0 aromatic heterocycles. The van der Waals surface area contributed by atoms with E-state index in [4.69, 9.17) is 0 Å². The van der Waals surface area contributed by atoms with E-state index in [0.29, 0.717) is 11.5 Å². The van der Waals surface area contributed by atoms with Gasteiger partial charge in [0.1, 0.15) is 0 Å². The smallest absolute Gasteiger partial charge is 0.163 e. The van der Waals surface area contributed by atoms with E-state index < -0.39 is 11.6 Å². The number of hydrogen-bond donors (Lipinski definition) is 1. The van der Waals surface area contributed by atoms with Crippen molar-refractivity contribution in [1.29, 1.82) is 0 Å². The van der Waals surface area contributed by atoms with Crippen molar-refractivity contribution in [3.63, 3.8) is 0 Å². The first kappa shape index (κ1) is 13.0. The molecular formula is C15H20F2N2. The largest absolute Gasteiger partial charge is 0.314 e. The number of hydrogen-bond acceptors (Lipinski definition) is 2. The summed E-state index contributed by atoms with van der Waals surface area (Å²) in [5.74, 6) is -0.899. The molecule has 0 amide bonds. The molecule has 1 aliphatic carbocycles. The molecule has 1 heterocycles. The maximum absolute atomic E-state index is 14.1. The van der Waals surface area contributed by atoms with Gasteiger partial charge in [-0.2, -0.15) is 0 Å². The number of nitrogens with one attached hydrogen (secondary N) is 1. The van der Waals surface area contributed by atoms with Gasteiger partial charge in [0.2, 0.25) is 0 Å². The first-order valence-corrected chi connectivity index (χ1v) is 7.16. The Labute approximate surface area is 112 Å². The maximum Gasteiger partial charge on any atom is 0.163 e. The van der Waals surface area contributed by atoms with Crippen LogP contribution < -0.4 is 5.32 Å². The van der Waals surface area contributed by atoms with Gasteiger partial charge < -0.3 is 5.32 Å². The predicted octanol–water partition coefficient (Wildman–Crippen LogP) is 2.71. The van der Waals surface area contributed by atoms with E-state index in [0.717, 1.165) is 39.0 Å². The Bertz CT molecular complexity index is 440. The van der Waals surface area contributed by atoms with Crippen LogP contribution in [0.5, 0.6) is 0 Å². The Morgan fingerprint density at radius 3 is 2.53 bits per heavy atom. The van der Waals surface area contributed by atoms with Crippen molar-refractivity contribution in [2.45, 2.75) is 25.3 Å². The average Bonchev–Trinajstić information content (AvgIpc) is 2.38. The highest BCUT2D eigenvalue weighted by Crippen LogP contribution is 2.42. The minimum absolute atomic E-state index is 0.0477. The van der Waals surface area contributed by atoms with E-state index in [2.05, 4.69) is 10.2 Å². The summed E-state index contributed by atoms with van der Waals surface area (Å²) in [5.41, 5.74) is 0.548. The van der Waals surface area contributed by atoms with Crippen molar-refractivity contribution < 1.29 is 8.78 Å². The van der Waals surface area contributed by atoms with Gasteiger partial charge in [0.05, 0.1) is 0 Å². The maximum atomic E-state index is 14.1. The Balaban J connectivity index is 1.91. The van der Waals surface area contributed by atoms with E-state index in [1.807, 2.05) is 0 Å². The second-order valence-corrected chi connectivity index (χ2v) is 5.56. The Kier molecular flexibility index (Phi) is 3.80. The predicted molar refractivity (Wildman–Crippen MR) is 70.9 cm³/mol. The molecule has 1 aliphatic heterocycles. The van der Waals surface area contributed by atoms with Crippen LogP contribution in [0, 0.1) is 17.6 Å². The highest BCUT2D eigenvalue weighted by atomic mass is 19.2. The lowest BCUT2D eigenvalue weighted by Crippen LogP contribution is -2.48. The molecule has 4 heteroatoms. The molecule has 0 radical (unpaired) electrons. The summed E-state index contributed by atoms with van der Waals surface area (Å²) >= 11 is 0. The average molecular weight is 266 g/mol. The summed E-state index contributed by atoms with van der Waals surface area (Å²) in [6, 6.07) is 4.63. The number of nitrogens with zero attached hydrogens (tertiary/aromatic N) is 1. The minimum Gasteiger partial charge on any atom is -0.314 e. The molecule has 1 atom stereocenters. The molecule has 0 unspecified atom stereocenters. The Morgan fingerprint density at radius 1 is 1.16 bits per heavy atom. The van der Waals surface area contributed by atoms with Crippen molar-refractivity contribution in [3.8, 4) is 0 Å². The van der Waals surface area contributed by atoms with Gasteiger partial charge >= 0.3 is 0 Å². The fourth-order valence-electron chi connectivity index (χ4n) is 3.21. The molecule has 2 fully saturated rings. The van der Waals surface area contributed by atoms with Crippen LogP contribution in [0.2, 0.25) is 0 Å². The molecule has 3 rings (SSSR count). The van der Waals surface area contributed by atoms with E-state index in [-0.39, 0.29) is 6.04 Å². The summed E-state index contributed by atoms with van der Waals surface area (Å²) < 4.78 is 27.6. The molecule has 1 aromatic carbocycles. The fourth-order valence-corrected chi connectivity index (χ4v) is 3.21. The highest BCUT2D eigenvalue weighted by Gasteiger charge is 2.35. The van der Waals surface area contributed by atoms with E-state index in [9.17, 15) is 8.78 Å². The summed E-state index contributed by atoms with van der Waals surface area (Å²) in [7, 11) is 0. The third-order valence-electron chi connectivity index (χ3n) is 4.44. The van der Waals surface area contributed by atoms with Gasteiger partial charge in [-0.1, -0.05) is 18.6 Å². The van der Waals surface area contributed by atoms with Crippen LogP contribution in [0.25, 0.3) is 0 Å². The third-order valence-corrected chi connectivity index (χ3v) is 4.44. The lowest BCUT2D eigenvalue weighted by atomic mass is 9.76. The normalized spacial score (nSPS) is 23.1. The SMILES string of the molecule is Fc1cccc([C@@H](C2CCC2)N2CCNCC2)c1F.